The Hall–Kier alpha value is -3.80. The third kappa shape index (κ3) is 5.79. The number of anilines is 1. The van der Waals surface area contributed by atoms with Crippen molar-refractivity contribution >= 4 is 11.7 Å². The lowest BCUT2D eigenvalue weighted by molar-refractivity contribution is -0.274. The summed E-state index contributed by atoms with van der Waals surface area (Å²) in [7, 11) is 0. The van der Waals surface area contributed by atoms with Crippen molar-refractivity contribution in [3.63, 3.8) is 0 Å². The lowest BCUT2D eigenvalue weighted by Crippen LogP contribution is -2.37. The third-order valence-electron chi connectivity index (χ3n) is 6.52. The van der Waals surface area contributed by atoms with Gasteiger partial charge in [0.1, 0.15) is 23.0 Å². The van der Waals surface area contributed by atoms with E-state index in [2.05, 4.69) is 24.9 Å². The number of oxime groups is 1. The van der Waals surface area contributed by atoms with Crippen molar-refractivity contribution in [2.24, 2.45) is 10.9 Å². The van der Waals surface area contributed by atoms with Crippen molar-refractivity contribution in [2.75, 3.05) is 18.0 Å². The van der Waals surface area contributed by atoms with Gasteiger partial charge in [-0.25, -0.2) is 4.98 Å². The van der Waals surface area contributed by atoms with E-state index in [4.69, 9.17) is 20.2 Å². The van der Waals surface area contributed by atoms with E-state index >= 15 is 0 Å². The quantitative estimate of drug-likeness (QED) is 0.189. The Labute approximate surface area is 210 Å². The van der Waals surface area contributed by atoms with E-state index < -0.39 is 6.36 Å². The molecule has 0 radical (unpaired) electrons. The van der Waals surface area contributed by atoms with Crippen LogP contribution in [0.5, 0.6) is 5.75 Å². The molecule has 2 aromatic heterocycles. The molecule has 0 bridgehead atoms. The van der Waals surface area contributed by atoms with E-state index in [9.17, 15) is 13.2 Å². The van der Waals surface area contributed by atoms with E-state index in [1.54, 1.807) is 18.3 Å². The van der Waals surface area contributed by atoms with Crippen molar-refractivity contribution in [2.45, 2.75) is 50.7 Å². The molecule has 196 valence electrons. The Morgan fingerprint density at radius 1 is 1.14 bits per heavy atom. The Kier molecular flexibility index (Phi) is 6.92. The molecule has 2 fully saturated rings. The summed E-state index contributed by atoms with van der Waals surface area (Å²) in [6.45, 7) is 1.62. The number of benzene rings is 1. The lowest BCUT2D eigenvalue weighted by Gasteiger charge is -2.32. The molecule has 3 N–H and O–H groups in total. The van der Waals surface area contributed by atoms with E-state index in [0.717, 1.165) is 44.6 Å². The molecule has 37 heavy (non-hydrogen) atoms. The molecule has 1 aromatic carbocycles. The second-order valence-corrected chi connectivity index (χ2v) is 9.08. The minimum atomic E-state index is -4.82. The molecule has 0 spiro atoms. The van der Waals surface area contributed by atoms with Crippen LogP contribution in [0.3, 0.4) is 0 Å². The zero-order valence-electron chi connectivity index (χ0n) is 19.8. The summed E-state index contributed by atoms with van der Waals surface area (Å²) >= 11 is 0. The summed E-state index contributed by atoms with van der Waals surface area (Å²) in [5, 5.41) is 15.9. The summed E-state index contributed by atoms with van der Waals surface area (Å²) in [6.07, 6.45) is 0.0836. The normalized spacial score (nSPS) is 17.3. The first-order valence-corrected chi connectivity index (χ1v) is 12.0. The molecule has 2 aliphatic rings. The first-order valence-electron chi connectivity index (χ1n) is 12.0. The van der Waals surface area contributed by atoms with Crippen LogP contribution >= 0.6 is 0 Å². The summed E-state index contributed by atoms with van der Waals surface area (Å²) in [5.74, 6) is 1.33. The number of nitrogens with two attached hydrogens (primary N) is 1. The second-order valence-electron chi connectivity index (χ2n) is 9.08. The van der Waals surface area contributed by atoms with Crippen LogP contribution < -0.4 is 15.4 Å². The molecule has 12 heteroatoms. The molecule has 0 unspecified atom stereocenters. The predicted octanol–water partition coefficient (Wildman–Crippen LogP) is 4.79. The molecule has 1 aliphatic carbocycles. The van der Waals surface area contributed by atoms with Crippen LogP contribution in [0, 0.1) is 0 Å². The highest BCUT2D eigenvalue weighted by atomic mass is 19.4. The zero-order chi connectivity index (χ0) is 26.0. The van der Waals surface area contributed by atoms with Gasteiger partial charge in [-0.2, -0.15) is 0 Å². The maximum atomic E-state index is 13.0. The Bertz CT molecular complexity index is 1250. The molecule has 3 heterocycles. The van der Waals surface area contributed by atoms with Crippen molar-refractivity contribution in [3.05, 3.63) is 59.5 Å². The number of pyridine rings is 1. The fourth-order valence-corrected chi connectivity index (χ4v) is 4.45. The number of ether oxygens (including phenoxy) is 2. The maximum absolute atomic E-state index is 13.0. The van der Waals surface area contributed by atoms with Crippen molar-refractivity contribution < 1.29 is 32.4 Å². The van der Waals surface area contributed by atoms with Crippen LogP contribution in [0.2, 0.25) is 0 Å². The molecule has 0 amide bonds. The van der Waals surface area contributed by atoms with Crippen LogP contribution in [0.25, 0.3) is 11.3 Å². The van der Waals surface area contributed by atoms with Gasteiger partial charge in [0, 0.05) is 41.9 Å². The van der Waals surface area contributed by atoms with Crippen molar-refractivity contribution in [3.8, 4) is 17.0 Å². The zero-order valence-corrected chi connectivity index (χ0v) is 19.8. The number of piperidine rings is 1. The Morgan fingerprint density at radius 2 is 1.89 bits per heavy atom. The number of rotatable bonds is 8. The molecule has 1 aliphatic heterocycles. The van der Waals surface area contributed by atoms with Gasteiger partial charge in [0.15, 0.2) is 5.84 Å². The van der Waals surface area contributed by atoms with Crippen LogP contribution in [0.15, 0.2) is 52.3 Å². The standard InChI is InChI=1S/C25H26F3N5O4/c26-25(27,28)36-20-4-2-1-3-18(20)22-19(23(37-32-22)15-5-6-15)14-35-17-9-11-33(12-10-17)21-8-7-16(13-30-21)24(29)31-34/h1-4,7-8,13,15,17,34H,5-6,9-12,14H2,(H2,29,31). The van der Waals surface area contributed by atoms with Crippen LogP contribution in [0.4, 0.5) is 19.0 Å². The Morgan fingerprint density at radius 3 is 2.54 bits per heavy atom. The second kappa shape index (κ2) is 10.3. The van der Waals surface area contributed by atoms with E-state index in [-0.39, 0.29) is 35.8 Å². The van der Waals surface area contributed by atoms with Gasteiger partial charge in [-0.1, -0.05) is 22.4 Å². The number of amidine groups is 1. The molecular formula is C25H26F3N5O4. The van der Waals surface area contributed by atoms with Gasteiger partial charge in [0.05, 0.1) is 12.7 Å². The molecule has 3 aromatic rings. The predicted molar refractivity (Wildman–Crippen MR) is 127 cm³/mol. The van der Waals surface area contributed by atoms with E-state index in [0.29, 0.717) is 22.6 Å². The number of hydrogen-bond acceptors (Lipinski definition) is 8. The van der Waals surface area contributed by atoms with Crippen LogP contribution in [-0.2, 0) is 11.3 Å². The monoisotopic (exact) mass is 517 g/mol. The van der Waals surface area contributed by atoms with Crippen molar-refractivity contribution in [1.29, 1.82) is 0 Å². The third-order valence-corrected chi connectivity index (χ3v) is 6.52. The highest BCUT2D eigenvalue weighted by Crippen LogP contribution is 2.45. The van der Waals surface area contributed by atoms with Gasteiger partial charge in [-0.15, -0.1) is 13.2 Å². The molecular weight excluding hydrogens is 491 g/mol. The highest BCUT2D eigenvalue weighted by molar-refractivity contribution is 5.96. The lowest BCUT2D eigenvalue weighted by atomic mass is 10.0. The fraction of sp³-hybridized carbons (Fsp3) is 0.400. The highest BCUT2D eigenvalue weighted by Gasteiger charge is 2.36. The van der Waals surface area contributed by atoms with Gasteiger partial charge >= 0.3 is 6.36 Å². The number of nitrogens with zero attached hydrogens (tertiary/aromatic N) is 4. The molecule has 5 rings (SSSR count). The molecule has 1 saturated heterocycles. The van der Waals surface area contributed by atoms with Gasteiger partial charge in [-0.3, -0.25) is 0 Å². The number of aromatic nitrogens is 2. The summed E-state index contributed by atoms with van der Waals surface area (Å²) in [5.41, 5.74) is 7.32. The van der Waals surface area contributed by atoms with Gasteiger partial charge in [0.25, 0.3) is 0 Å². The van der Waals surface area contributed by atoms with Gasteiger partial charge in [0.2, 0.25) is 0 Å². The molecule has 1 saturated carbocycles. The van der Waals surface area contributed by atoms with Crippen LogP contribution in [-0.4, -0.2) is 46.7 Å². The summed E-state index contributed by atoms with van der Waals surface area (Å²) in [6, 6.07) is 9.48. The summed E-state index contributed by atoms with van der Waals surface area (Å²) < 4.78 is 55.0. The SMILES string of the molecule is N/C(=N\O)c1ccc(N2CCC(OCc3c(-c4ccccc4OC(F)(F)F)noc3C3CC3)CC2)nc1. The smallest absolute Gasteiger partial charge is 0.409 e. The van der Waals surface area contributed by atoms with Gasteiger partial charge in [-0.05, 0) is 49.9 Å². The van der Waals surface area contributed by atoms with Gasteiger partial charge < -0.3 is 29.8 Å². The largest absolute Gasteiger partial charge is 0.573 e. The van der Waals surface area contributed by atoms with Crippen LogP contribution in [0.1, 0.15) is 48.5 Å². The summed E-state index contributed by atoms with van der Waals surface area (Å²) in [4.78, 5) is 6.53. The maximum Gasteiger partial charge on any atom is 0.573 e. The average Bonchev–Trinajstić information content (AvgIpc) is 3.66. The minimum absolute atomic E-state index is 0.00239. The first kappa shape index (κ1) is 24.9. The van der Waals surface area contributed by atoms with E-state index in [1.165, 1.54) is 18.2 Å². The van der Waals surface area contributed by atoms with Crippen molar-refractivity contribution in [1.82, 2.24) is 10.1 Å². The number of halogens is 3. The minimum Gasteiger partial charge on any atom is -0.409 e. The average molecular weight is 518 g/mol. The number of hydrogen-bond donors (Lipinski definition) is 2. The number of para-hydroxylation sites is 1. The Balaban J connectivity index is 1.26. The molecule has 9 nitrogen and oxygen atoms in total. The molecule has 0 atom stereocenters. The fourth-order valence-electron chi connectivity index (χ4n) is 4.45. The first-order chi connectivity index (χ1) is 17.8. The number of alkyl halides is 3. The van der Waals surface area contributed by atoms with E-state index in [1.807, 2.05) is 6.07 Å². The topological polar surface area (TPSA) is 119 Å².